The van der Waals surface area contributed by atoms with Gasteiger partial charge in [-0.25, -0.2) is 4.79 Å². The van der Waals surface area contributed by atoms with E-state index in [2.05, 4.69) is 13.8 Å². The highest BCUT2D eigenvalue weighted by Crippen LogP contribution is 2.51. The Kier molecular flexibility index (Phi) is 10.2. The summed E-state index contributed by atoms with van der Waals surface area (Å²) in [4.78, 5) is 13.2. The van der Waals surface area contributed by atoms with Gasteiger partial charge in [0.2, 0.25) is 0 Å². The van der Waals surface area contributed by atoms with Crippen LogP contribution in [-0.4, -0.2) is 34.9 Å². The summed E-state index contributed by atoms with van der Waals surface area (Å²) in [5.74, 6) is 0.589. The number of methoxy groups -OCH3 is 2. The fourth-order valence-corrected chi connectivity index (χ4v) is 5.54. The molecule has 0 amide bonds. The molecule has 0 saturated carbocycles. The molecule has 0 unspecified atom stereocenters. The van der Waals surface area contributed by atoms with Crippen molar-refractivity contribution in [2.45, 2.75) is 26.4 Å². The van der Waals surface area contributed by atoms with Gasteiger partial charge in [-0.2, -0.15) is 8.42 Å². The smallest absolute Gasteiger partial charge is 0.343 e. The second-order valence-corrected chi connectivity index (χ2v) is 12.7. The zero-order valence-corrected chi connectivity index (χ0v) is 27.7. The first-order valence-corrected chi connectivity index (χ1v) is 16.8. The molecule has 47 heavy (non-hydrogen) atoms. The van der Waals surface area contributed by atoms with Gasteiger partial charge in [0, 0.05) is 5.56 Å². The summed E-state index contributed by atoms with van der Waals surface area (Å²) in [7, 11) is -1.11. The van der Waals surface area contributed by atoms with Crippen LogP contribution in [0.3, 0.4) is 0 Å². The number of rotatable bonds is 12. The van der Waals surface area contributed by atoms with Gasteiger partial charge in [0.15, 0.2) is 23.0 Å². The Morgan fingerprint density at radius 2 is 1.34 bits per heavy atom. The lowest BCUT2D eigenvalue weighted by Crippen LogP contribution is -2.10. The first-order valence-electron chi connectivity index (χ1n) is 14.9. The number of esters is 1. The number of carbonyl (C=O) groups is 1. The number of benzene rings is 5. The van der Waals surface area contributed by atoms with E-state index in [1.165, 1.54) is 14.2 Å². The van der Waals surface area contributed by atoms with Crippen molar-refractivity contribution in [1.82, 2.24) is 0 Å². The zero-order valence-electron chi connectivity index (χ0n) is 26.9. The Balaban J connectivity index is 1.67. The predicted octanol–water partition coefficient (Wildman–Crippen LogP) is 8.30. The van der Waals surface area contributed by atoms with Gasteiger partial charge >= 0.3 is 16.1 Å². The van der Waals surface area contributed by atoms with Crippen LogP contribution in [-0.2, 0) is 16.7 Å². The van der Waals surface area contributed by atoms with Gasteiger partial charge in [0.25, 0.3) is 0 Å². The summed E-state index contributed by atoms with van der Waals surface area (Å²) in [6, 6.07) is 32.8. The zero-order chi connectivity index (χ0) is 33.6. The average Bonchev–Trinajstić information content (AvgIpc) is 3.07. The molecule has 5 aromatic rings. The normalized spacial score (nSPS) is 11.2. The molecule has 8 nitrogen and oxygen atoms in total. The van der Waals surface area contributed by atoms with Gasteiger partial charge in [-0.05, 0) is 58.5 Å². The third kappa shape index (κ3) is 7.93. The summed E-state index contributed by atoms with van der Waals surface area (Å²) >= 11 is 0. The van der Waals surface area contributed by atoms with Crippen molar-refractivity contribution in [3.8, 4) is 51.0 Å². The molecule has 0 fully saturated rings. The summed E-state index contributed by atoms with van der Waals surface area (Å²) in [5, 5.41) is 0. The third-order valence-electron chi connectivity index (χ3n) is 7.43. The molecule has 0 aliphatic carbocycles. The van der Waals surface area contributed by atoms with Crippen LogP contribution in [0.1, 0.15) is 41.3 Å². The highest BCUT2D eigenvalue weighted by molar-refractivity contribution is 7.86. The number of hydrogen-bond donors (Lipinski definition) is 0. The standard InChI is InChI=1S/C38H36O8S/c1-25(2)27-16-18-28(19-17-27)31-23-34(42-3)35(37(36(31)43-4)46-47(5,40)41)30-20-21-32(44-24-26-12-8-6-9-13-26)33(22-30)45-38(39)29-14-10-7-11-15-29/h6-23,25H,24H2,1-5H3. The van der Waals surface area contributed by atoms with Gasteiger partial charge in [0.05, 0.1) is 31.6 Å². The molecule has 9 heteroatoms. The van der Waals surface area contributed by atoms with Crippen LogP contribution in [0.2, 0.25) is 0 Å². The summed E-state index contributed by atoms with van der Waals surface area (Å²) in [5.41, 5.74) is 4.48. The summed E-state index contributed by atoms with van der Waals surface area (Å²) < 4.78 is 54.6. The van der Waals surface area contributed by atoms with Crippen LogP contribution in [0.15, 0.2) is 109 Å². The molecule has 0 radical (unpaired) electrons. The van der Waals surface area contributed by atoms with Crippen LogP contribution in [0.25, 0.3) is 22.3 Å². The van der Waals surface area contributed by atoms with Crippen molar-refractivity contribution in [2.75, 3.05) is 20.5 Å². The van der Waals surface area contributed by atoms with E-state index in [-0.39, 0.29) is 29.4 Å². The Morgan fingerprint density at radius 1 is 0.702 bits per heavy atom. The Bertz CT molecular complexity index is 1950. The maximum Gasteiger partial charge on any atom is 0.343 e. The Morgan fingerprint density at radius 3 is 1.94 bits per heavy atom. The quantitative estimate of drug-likeness (QED) is 0.0755. The SMILES string of the molecule is COc1cc(-c2ccc(C(C)C)cc2)c(OC)c(OS(C)(=O)=O)c1-c1ccc(OCc2ccccc2)c(OC(=O)c2ccccc2)c1. The molecule has 0 spiro atoms. The molecular formula is C38H36O8S. The second-order valence-electron chi connectivity index (χ2n) is 11.1. The third-order valence-corrected chi connectivity index (χ3v) is 7.90. The monoisotopic (exact) mass is 652 g/mol. The van der Waals surface area contributed by atoms with Crippen LogP contribution < -0.4 is 23.1 Å². The molecular weight excluding hydrogens is 616 g/mol. The molecule has 0 bridgehead atoms. The lowest BCUT2D eigenvalue weighted by atomic mass is 9.94. The van der Waals surface area contributed by atoms with E-state index in [0.29, 0.717) is 34.1 Å². The number of carbonyl (C=O) groups excluding carboxylic acids is 1. The highest BCUT2D eigenvalue weighted by atomic mass is 32.2. The van der Waals surface area contributed by atoms with Crippen LogP contribution in [0, 0.1) is 0 Å². The summed E-state index contributed by atoms with van der Waals surface area (Å²) in [6.07, 6.45) is 0.959. The van der Waals surface area contributed by atoms with E-state index in [0.717, 1.165) is 22.9 Å². The largest absolute Gasteiger partial charge is 0.496 e. The van der Waals surface area contributed by atoms with Gasteiger partial charge in [0.1, 0.15) is 12.4 Å². The Hall–Kier alpha value is -5.28. The van der Waals surface area contributed by atoms with Crippen molar-refractivity contribution >= 4 is 16.1 Å². The Labute approximate surface area is 275 Å². The van der Waals surface area contributed by atoms with Gasteiger partial charge < -0.3 is 23.1 Å². The maximum atomic E-state index is 13.2. The maximum absolute atomic E-state index is 13.2. The van der Waals surface area contributed by atoms with Crippen LogP contribution in [0.5, 0.6) is 28.7 Å². The number of hydrogen-bond acceptors (Lipinski definition) is 8. The molecule has 5 aromatic carbocycles. The molecule has 0 aliphatic heterocycles. The highest BCUT2D eigenvalue weighted by Gasteiger charge is 2.27. The van der Waals surface area contributed by atoms with Crippen molar-refractivity contribution in [3.05, 3.63) is 126 Å². The van der Waals surface area contributed by atoms with Crippen LogP contribution in [0.4, 0.5) is 0 Å². The van der Waals surface area contributed by atoms with E-state index < -0.39 is 16.1 Å². The summed E-state index contributed by atoms with van der Waals surface area (Å²) in [6.45, 7) is 4.43. The first-order chi connectivity index (χ1) is 22.6. The predicted molar refractivity (Wildman–Crippen MR) is 182 cm³/mol. The van der Waals surface area contributed by atoms with Gasteiger partial charge in [-0.1, -0.05) is 92.7 Å². The van der Waals surface area contributed by atoms with Crippen molar-refractivity contribution in [1.29, 1.82) is 0 Å². The minimum absolute atomic E-state index is 0.0735. The minimum atomic E-state index is -4.04. The molecule has 0 saturated heterocycles. The molecule has 0 aromatic heterocycles. The first kappa shape index (κ1) is 33.1. The number of ether oxygens (including phenoxy) is 4. The molecule has 0 atom stereocenters. The van der Waals surface area contributed by atoms with Crippen LogP contribution >= 0.6 is 0 Å². The minimum Gasteiger partial charge on any atom is -0.496 e. The molecule has 0 N–H and O–H groups in total. The topological polar surface area (TPSA) is 97.4 Å². The van der Waals surface area contributed by atoms with Crippen molar-refractivity contribution < 1.29 is 36.3 Å². The average molecular weight is 653 g/mol. The van der Waals surface area contributed by atoms with Crippen molar-refractivity contribution in [2.24, 2.45) is 0 Å². The fraction of sp³-hybridized carbons (Fsp3) is 0.184. The van der Waals surface area contributed by atoms with E-state index in [1.807, 2.05) is 54.6 Å². The molecule has 0 heterocycles. The lowest BCUT2D eigenvalue weighted by Gasteiger charge is -2.21. The van der Waals surface area contributed by atoms with Crippen molar-refractivity contribution in [3.63, 3.8) is 0 Å². The molecule has 0 aliphatic rings. The lowest BCUT2D eigenvalue weighted by molar-refractivity contribution is 0.0727. The van der Waals surface area contributed by atoms with E-state index >= 15 is 0 Å². The fourth-order valence-electron chi connectivity index (χ4n) is 5.08. The van der Waals surface area contributed by atoms with Gasteiger partial charge in [-0.3, -0.25) is 0 Å². The molecule has 5 rings (SSSR count). The van der Waals surface area contributed by atoms with Gasteiger partial charge in [-0.15, -0.1) is 0 Å². The van der Waals surface area contributed by atoms with E-state index in [4.69, 9.17) is 23.1 Å². The van der Waals surface area contributed by atoms with E-state index in [9.17, 15) is 13.2 Å². The van der Waals surface area contributed by atoms with E-state index in [1.54, 1.807) is 54.6 Å². The second kappa shape index (κ2) is 14.4. The molecule has 242 valence electrons.